The quantitative estimate of drug-likeness (QED) is 0.670. The molecule has 0 radical (unpaired) electrons. The number of carbonyl (C=O) groups is 1. The lowest BCUT2D eigenvalue weighted by Crippen LogP contribution is -2.27. The van der Waals surface area contributed by atoms with Gasteiger partial charge < -0.3 is 4.74 Å². The van der Waals surface area contributed by atoms with Crippen LogP contribution in [0.4, 0.5) is 5.13 Å². The SMILES string of the molecule is CSc1nnc(NC(=O)C2CC3(CC3)CO2)s1. The van der Waals surface area contributed by atoms with E-state index in [0.717, 1.165) is 17.4 Å². The van der Waals surface area contributed by atoms with E-state index in [2.05, 4.69) is 15.5 Å². The Morgan fingerprint density at radius 1 is 1.59 bits per heavy atom. The third-order valence-corrected chi connectivity index (χ3v) is 5.08. The molecule has 2 fully saturated rings. The minimum Gasteiger partial charge on any atom is -0.368 e. The van der Waals surface area contributed by atoms with Crippen LogP contribution in [0.25, 0.3) is 0 Å². The van der Waals surface area contributed by atoms with Crippen molar-refractivity contribution in [2.75, 3.05) is 18.2 Å². The smallest absolute Gasteiger partial charge is 0.255 e. The van der Waals surface area contributed by atoms with Crippen molar-refractivity contribution < 1.29 is 9.53 Å². The molecule has 1 unspecified atom stereocenters. The van der Waals surface area contributed by atoms with Gasteiger partial charge in [0.1, 0.15) is 6.10 Å². The number of amides is 1. The summed E-state index contributed by atoms with van der Waals surface area (Å²) in [7, 11) is 0. The number of hydrogen-bond donors (Lipinski definition) is 1. The second-order valence-corrected chi connectivity index (χ2v) is 6.60. The maximum absolute atomic E-state index is 11.9. The molecule has 0 aromatic carbocycles. The normalized spacial score (nSPS) is 25.1. The number of ether oxygens (including phenoxy) is 1. The maximum atomic E-state index is 11.9. The van der Waals surface area contributed by atoms with Gasteiger partial charge in [-0.1, -0.05) is 23.1 Å². The highest BCUT2D eigenvalue weighted by molar-refractivity contribution is 8.00. The Kier molecular flexibility index (Phi) is 2.84. The zero-order valence-corrected chi connectivity index (χ0v) is 11.1. The minimum absolute atomic E-state index is 0.0856. The van der Waals surface area contributed by atoms with Gasteiger partial charge in [0, 0.05) is 0 Å². The average Bonchev–Trinajstić information content (AvgIpc) is 2.76. The van der Waals surface area contributed by atoms with E-state index < -0.39 is 0 Å². The Bertz CT molecular complexity index is 445. The highest BCUT2D eigenvalue weighted by Gasteiger charge is 2.51. The summed E-state index contributed by atoms with van der Waals surface area (Å²) in [6.45, 7) is 0.733. The number of rotatable bonds is 3. The van der Waals surface area contributed by atoms with Crippen LogP contribution in [-0.2, 0) is 9.53 Å². The molecule has 1 aromatic heterocycles. The number of hydrogen-bond acceptors (Lipinski definition) is 6. The third-order valence-electron chi connectivity index (χ3n) is 3.27. The predicted molar refractivity (Wildman–Crippen MR) is 66.3 cm³/mol. The molecule has 2 aliphatic rings. The molecule has 0 bridgehead atoms. The van der Waals surface area contributed by atoms with Gasteiger partial charge in [0.15, 0.2) is 4.34 Å². The summed E-state index contributed by atoms with van der Waals surface area (Å²) in [5, 5.41) is 11.2. The summed E-state index contributed by atoms with van der Waals surface area (Å²) in [5.41, 5.74) is 0.327. The molecule has 3 rings (SSSR count). The first-order valence-electron chi connectivity index (χ1n) is 5.51. The lowest BCUT2D eigenvalue weighted by Gasteiger charge is -2.07. The highest BCUT2D eigenvalue weighted by Crippen LogP contribution is 2.53. The molecule has 2 heterocycles. The molecule has 5 nitrogen and oxygen atoms in total. The summed E-state index contributed by atoms with van der Waals surface area (Å²) >= 11 is 2.91. The van der Waals surface area contributed by atoms with Crippen LogP contribution < -0.4 is 5.32 Å². The molecule has 1 aliphatic heterocycles. The summed E-state index contributed by atoms with van der Waals surface area (Å²) in [5.74, 6) is -0.0856. The van der Waals surface area contributed by atoms with Gasteiger partial charge in [0.25, 0.3) is 5.91 Å². The zero-order valence-electron chi connectivity index (χ0n) is 9.43. The first-order chi connectivity index (χ1) is 8.21. The monoisotopic (exact) mass is 271 g/mol. The van der Waals surface area contributed by atoms with E-state index >= 15 is 0 Å². The third kappa shape index (κ3) is 2.31. The average molecular weight is 271 g/mol. The van der Waals surface area contributed by atoms with E-state index in [1.54, 1.807) is 0 Å². The Morgan fingerprint density at radius 3 is 3.00 bits per heavy atom. The predicted octanol–water partition coefficient (Wildman–Crippen LogP) is 1.77. The number of aromatic nitrogens is 2. The molecular weight excluding hydrogens is 258 g/mol. The molecule has 1 N–H and O–H groups in total. The van der Waals surface area contributed by atoms with Gasteiger partial charge in [-0.25, -0.2) is 0 Å². The fraction of sp³-hybridized carbons (Fsp3) is 0.700. The second-order valence-electron chi connectivity index (χ2n) is 4.57. The molecular formula is C10H13N3O2S2. The Balaban J connectivity index is 1.59. The molecule has 1 saturated heterocycles. The number of nitrogens with zero attached hydrogens (tertiary/aromatic N) is 2. The number of anilines is 1. The first-order valence-corrected chi connectivity index (χ1v) is 7.55. The van der Waals surface area contributed by atoms with Gasteiger partial charge in [-0.15, -0.1) is 10.2 Å². The van der Waals surface area contributed by atoms with Crippen LogP contribution in [0.15, 0.2) is 4.34 Å². The Labute approximate surface area is 107 Å². The summed E-state index contributed by atoms with van der Waals surface area (Å²) in [6, 6.07) is 0. The summed E-state index contributed by atoms with van der Waals surface area (Å²) in [6.07, 6.45) is 4.88. The minimum atomic E-state index is -0.306. The van der Waals surface area contributed by atoms with Crippen LogP contribution in [0.5, 0.6) is 0 Å². The van der Waals surface area contributed by atoms with Crippen molar-refractivity contribution in [3.63, 3.8) is 0 Å². The van der Waals surface area contributed by atoms with E-state index in [9.17, 15) is 4.79 Å². The van der Waals surface area contributed by atoms with E-state index in [0.29, 0.717) is 10.5 Å². The number of thioether (sulfide) groups is 1. The van der Waals surface area contributed by atoms with Crippen LogP contribution in [-0.4, -0.2) is 35.1 Å². The topological polar surface area (TPSA) is 64.1 Å². The Morgan fingerprint density at radius 2 is 2.41 bits per heavy atom. The molecule has 17 heavy (non-hydrogen) atoms. The maximum Gasteiger partial charge on any atom is 0.255 e. The molecule has 92 valence electrons. The van der Waals surface area contributed by atoms with Crippen LogP contribution in [0, 0.1) is 5.41 Å². The zero-order chi connectivity index (χ0) is 11.9. The largest absolute Gasteiger partial charge is 0.368 e. The first kappa shape index (κ1) is 11.4. The fourth-order valence-corrected chi connectivity index (χ4v) is 3.18. The van der Waals surface area contributed by atoms with Crippen molar-refractivity contribution in [2.24, 2.45) is 5.41 Å². The van der Waals surface area contributed by atoms with E-state index in [1.165, 1.54) is 35.9 Å². The van der Waals surface area contributed by atoms with Crippen LogP contribution in [0.1, 0.15) is 19.3 Å². The molecule has 1 spiro atoms. The number of carbonyl (C=O) groups excluding carboxylic acids is 1. The van der Waals surface area contributed by atoms with E-state index in [-0.39, 0.29) is 12.0 Å². The van der Waals surface area contributed by atoms with Crippen LogP contribution in [0.2, 0.25) is 0 Å². The van der Waals surface area contributed by atoms with Crippen molar-refractivity contribution in [1.82, 2.24) is 10.2 Å². The van der Waals surface area contributed by atoms with Gasteiger partial charge >= 0.3 is 0 Å². The molecule has 1 aliphatic carbocycles. The van der Waals surface area contributed by atoms with Gasteiger partial charge in [-0.3, -0.25) is 10.1 Å². The summed E-state index contributed by atoms with van der Waals surface area (Å²) in [4.78, 5) is 11.9. The molecule has 7 heteroatoms. The van der Waals surface area contributed by atoms with Gasteiger partial charge in [0.05, 0.1) is 6.61 Å². The van der Waals surface area contributed by atoms with Crippen LogP contribution >= 0.6 is 23.1 Å². The summed E-state index contributed by atoms with van der Waals surface area (Å²) < 4.78 is 6.39. The van der Waals surface area contributed by atoms with Crippen molar-refractivity contribution in [1.29, 1.82) is 0 Å². The van der Waals surface area contributed by atoms with Gasteiger partial charge in [-0.05, 0) is 30.9 Å². The van der Waals surface area contributed by atoms with E-state index in [1.807, 2.05) is 6.26 Å². The lowest BCUT2D eigenvalue weighted by atomic mass is 10.0. The Hall–Kier alpha value is -0.660. The number of nitrogens with one attached hydrogen (secondary N) is 1. The van der Waals surface area contributed by atoms with Gasteiger partial charge in [-0.2, -0.15) is 0 Å². The molecule has 1 atom stereocenters. The van der Waals surface area contributed by atoms with Crippen molar-refractivity contribution in [3.8, 4) is 0 Å². The van der Waals surface area contributed by atoms with Gasteiger partial charge in [0.2, 0.25) is 5.13 Å². The standard InChI is InChI=1S/C10H13N3O2S2/c1-16-9-13-12-8(17-9)11-7(14)6-4-10(2-3-10)5-15-6/h6H,2-5H2,1H3,(H,11,12,14). The van der Waals surface area contributed by atoms with E-state index in [4.69, 9.17) is 4.74 Å². The highest BCUT2D eigenvalue weighted by atomic mass is 32.2. The molecule has 1 amide bonds. The van der Waals surface area contributed by atoms with Crippen LogP contribution in [0.3, 0.4) is 0 Å². The second kappa shape index (κ2) is 4.22. The molecule has 1 aromatic rings. The van der Waals surface area contributed by atoms with Crippen molar-refractivity contribution in [2.45, 2.75) is 29.7 Å². The fourth-order valence-electron chi connectivity index (χ4n) is 2.01. The lowest BCUT2D eigenvalue weighted by molar-refractivity contribution is -0.124. The van der Waals surface area contributed by atoms with Crippen molar-refractivity contribution >= 4 is 34.1 Å². The van der Waals surface area contributed by atoms with Crippen molar-refractivity contribution in [3.05, 3.63) is 0 Å². The molecule has 1 saturated carbocycles.